The van der Waals surface area contributed by atoms with E-state index in [2.05, 4.69) is 5.32 Å². The third-order valence-corrected chi connectivity index (χ3v) is 4.57. The Bertz CT molecular complexity index is 772. The van der Waals surface area contributed by atoms with Crippen LogP contribution in [-0.4, -0.2) is 35.2 Å². The van der Waals surface area contributed by atoms with Gasteiger partial charge in [-0.25, -0.2) is 4.39 Å². The number of carbonyl (C=O) groups is 3. The van der Waals surface area contributed by atoms with Gasteiger partial charge in [-0.1, -0.05) is 12.1 Å². The first-order valence-electron chi connectivity index (χ1n) is 7.76. The molecule has 0 spiro atoms. The molecule has 6 nitrogen and oxygen atoms in total. The average molecular weight is 331 g/mol. The number of amides is 3. The molecule has 0 aromatic heterocycles. The average Bonchev–Trinajstić information content (AvgIpc) is 2.90. The number of nitrogens with zero attached hydrogens (tertiary/aromatic N) is 1. The van der Waals surface area contributed by atoms with Gasteiger partial charge >= 0.3 is 0 Å². The smallest absolute Gasteiger partial charge is 0.255 e. The monoisotopic (exact) mass is 331 g/mol. The summed E-state index contributed by atoms with van der Waals surface area (Å²) in [7, 11) is 0. The van der Waals surface area contributed by atoms with Crippen LogP contribution < -0.4 is 11.1 Å². The van der Waals surface area contributed by atoms with Gasteiger partial charge in [0.15, 0.2) is 0 Å². The Morgan fingerprint density at radius 2 is 2.12 bits per heavy atom. The highest BCUT2D eigenvalue weighted by atomic mass is 19.1. The molecule has 2 aliphatic heterocycles. The van der Waals surface area contributed by atoms with Crippen molar-refractivity contribution in [1.82, 2.24) is 10.2 Å². The third kappa shape index (κ3) is 2.60. The molecule has 3 rings (SSSR count). The van der Waals surface area contributed by atoms with Gasteiger partial charge in [-0.15, -0.1) is 0 Å². The highest BCUT2D eigenvalue weighted by molar-refractivity contribution is 6.06. The Morgan fingerprint density at radius 1 is 1.38 bits per heavy atom. The zero-order chi connectivity index (χ0) is 17.4. The van der Waals surface area contributed by atoms with Crippen LogP contribution in [-0.2, 0) is 16.1 Å². The summed E-state index contributed by atoms with van der Waals surface area (Å²) in [6.07, 6.45) is 0.496. The maximum atomic E-state index is 13.9. The van der Waals surface area contributed by atoms with Crippen LogP contribution >= 0.6 is 0 Å². The Kier molecular flexibility index (Phi) is 4.19. The van der Waals surface area contributed by atoms with Crippen molar-refractivity contribution in [2.24, 2.45) is 5.73 Å². The second-order valence-electron chi connectivity index (χ2n) is 5.97. The van der Waals surface area contributed by atoms with Crippen LogP contribution in [0.5, 0.6) is 0 Å². The molecular weight excluding hydrogens is 313 g/mol. The van der Waals surface area contributed by atoms with E-state index in [1.165, 1.54) is 4.90 Å². The van der Waals surface area contributed by atoms with E-state index in [-0.39, 0.29) is 31.3 Å². The molecule has 1 unspecified atom stereocenters. The lowest BCUT2D eigenvalue weighted by molar-refractivity contribution is -0.136. The number of fused-ring (bicyclic) bond motifs is 1. The van der Waals surface area contributed by atoms with Gasteiger partial charge in [0.05, 0.1) is 0 Å². The van der Waals surface area contributed by atoms with Gasteiger partial charge in [-0.05, 0) is 36.1 Å². The zero-order valence-corrected chi connectivity index (χ0v) is 13.3. The lowest BCUT2D eigenvalue weighted by Gasteiger charge is -2.29. The van der Waals surface area contributed by atoms with E-state index in [4.69, 9.17) is 5.73 Å². The number of hydrogen-bond acceptors (Lipinski definition) is 4. The van der Waals surface area contributed by atoms with Gasteiger partial charge in [0.1, 0.15) is 11.9 Å². The second kappa shape index (κ2) is 6.16. The Morgan fingerprint density at radius 3 is 2.79 bits per heavy atom. The number of rotatable bonds is 3. The van der Waals surface area contributed by atoms with Crippen molar-refractivity contribution in [3.05, 3.63) is 40.7 Å². The number of allylic oxidation sites excluding steroid dienone is 1. The van der Waals surface area contributed by atoms with Crippen molar-refractivity contribution in [3.63, 3.8) is 0 Å². The molecule has 1 fully saturated rings. The van der Waals surface area contributed by atoms with Gasteiger partial charge in [0, 0.05) is 25.1 Å². The molecule has 126 valence electrons. The minimum absolute atomic E-state index is 0.199. The number of nitrogens with two attached hydrogens (primary N) is 1. The van der Waals surface area contributed by atoms with E-state index in [1.807, 2.05) is 0 Å². The molecule has 2 heterocycles. The van der Waals surface area contributed by atoms with E-state index in [9.17, 15) is 18.8 Å². The first-order valence-corrected chi connectivity index (χ1v) is 7.76. The molecule has 2 aliphatic rings. The molecule has 1 atom stereocenters. The van der Waals surface area contributed by atoms with E-state index >= 15 is 0 Å². The maximum Gasteiger partial charge on any atom is 0.255 e. The van der Waals surface area contributed by atoms with Crippen LogP contribution in [0.2, 0.25) is 0 Å². The molecule has 0 saturated carbocycles. The summed E-state index contributed by atoms with van der Waals surface area (Å²) in [4.78, 5) is 37.5. The van der Waals surface area contributed by atoms with Crippen LogP contribution in [0.4, 0.5) is 4.39 Å². The summed E-state index contributed by atoms with van der Waals surface area (Å²) >= 11 is 0. The normalized spacial score (nSPS) is 21.5. The molecule has 3 amide bonds. The predicted octanol–water partition coefficient (Wildman–Crippen LogP) is 1.11. The van der Waals surface area contributed by atoms with Gasteiger partial charge in [-0.3, -0.25) is 19.7 Å². The third-order valence-electron chi connectivity index (χ3n) is 4.57. The summed E-state index contributed by atoms with van der Waals surface area (Å²) in [5.74, 6) is -1.50. The molecule has 0 bridgehead atoms. The van der Waals surface area contributed by atoms with Crippen molar-refractivity contribution in [1.29, 1.82) is 0 Å². The van der Waals surface area contributed by atoms with Crippen LogP contribution in [0.15, 0.2) is 24.0 Å². The molecule has 3 N–H and O–H groups in total. The molecule has 24 heavy (non-hydrogen) atoms. The van der Waals surface area contributed by atoms with Gasteiger partial charge in [0.2, 0.25) is 11.8 Å². The van der Waals surface area contributed by atoms with Gasteiger partial charge in [-0.2, -0.15) is 0 Å². The SMILES string of the molecule is C/C(=C(/F)CN)c1cccc2c1CN(C1CCC(=O)NC1=O)C2=O. The van der Waals surface area contributed by atoms with Crippen molar-refractivity contribution >= 4 is 23.3 Å². The summed E-state index contributed by atoms with van der Waals surface area (Å²) < 4.78 is 13.9. The Labute approximate surface area is 138 Å². The van der Waals surface area contributed by atoms with Gasteiger partial charge < -0.3 is 10.6 Å². The predicted molar refractivity (Wildman–Crippen MR) is 85.2 cm³/mol. The summed E-state index contributed by atoms with van der Waals surface area (Å²) in [5, 5.41) is 2.26. The topological polar surface area (TPSA) is 92.5 Å². The largest absolute Gasteiger partial charge is 0.325 e. The Hall–Kier alpha value is -2.54. The fourth-order valence-corrected chi connectivity index (χ4v) is 3.24. The minimum atomic E-state index is -0.681. The molecule has 1 saturated heterocycles. The van der Waals surface area contributed by atoms with Crippen molar-refractivity contribution in [3.8, 4) is 0 Å². The minimum Gasteiger partial charge on any atom is -0.325 e. The van der Waals surface area contributed by atoms with Crippen molar-refractivity contribution in [2.75, 3.05) is 6.54 Å². The van der Waals surface area contributed by atoms with Crippen molar-refractivity contribution < 1.29 is 18.8 Å². The molecule has 1 aromatic rings. The second-order valence-corrected chi connectivity index (χ2v) is 5.97. The molecule has 0 aliphatic carbocycles. The maximum absolute atomic E-state index is 13.9. The van der Waals surface area contributed by atoms with E-state index < -0.39 is 17.8 Å². The number of nitrogens with one attached hydrogen (secondary N) is 1. The number of hydrogen-bond donors (Lipinski definition) is 2. The van der Waals surface area contributed by atoms with Crippen LogP contribution in [0.25, 0.3) is 5.57 Å². The number of piperidine rings is 1. The van der Waals surface area contributed by atoms with Crippen molar-refractivity contribution in [2.45, 2.75) is 32.4 Å². The molecule has 1 aromatic carbocycles. The highest BCUT2D eigenvalue weighted by Crippen LogP contribution is 2.33. The van der Waals surface area contributed by atoms with Crippen LogP contribution in [0.1, 0.15) is 41.3 Å². The molecule has 0 radical (unpaired) electrons. The molecule has 7 heteroatoms. The van der Waals surface area contributed by atoms with E-state index in [0.29, 0.717) is 28.7 Å². The number of benzene rings is 1. The summed E-state index contributed by atoms with van der Waals surface area (Å²) in [6, 6.07) is 4.41. The number of imide groups is 1. The highest BCUT2D eigenvalue weighted by Gasteiger charge is 2.39. The molecular formula is C17H18FN3O3. The Balaban J connectivity index is 1.96. The fourth-order valence-electron chi connectivity index (χ4n) is 3.24. The lowest BCUT2D eigenvalue weighted by atomic mass is 9.97. The number of halogens is 1. The van der Waals surface area contributed by atoms with E-state index in [1.54, 1.807) is 25.1 Å². The fraction of sp³-hybridized carbons (Fsp3) is 0.353. The van der Waals surface area contributed by atoms with Crippen LogP contribution in [0.3, 0.4) is 0 Å². The zero-order valence-electron chi connectivity index (χ0n) is 13.3. The lowest BCUT2D eigenvalue weighted by Crippen LogP contribution is -2.52. The number of carbonyl (C=O) groups excluding carboxylic acids is 3. The standard InChI is InChI=1S/C17H18FN3O3/c1-9(13(18)7-19)10-3-2-4-11-12(10)8-21(17(11)24)14-5-6-15(22)20-16(14)23/h2-4,14H,5-8,19H2,1H3,(H,20,22,23)/b13-9-. The first kappa shape index (κ1) is 16.3. The summed E-state index contributed by atoms with van der Waals surface area (Å²) in [6.45, 7) is 1.63. The van der Waals surface area contributed by atoms with E-state index in [0.717, 1.165) is 0 Å². The first-order chi connectivity index (χ1) is 11.4. The van der Waals surface area contributed by atoms with Crippen LogP contribution in [0, 0.1) is 0 Å². The summed E-state index contributed by atoms with van der Waals surface area (Å²) in [5.41, 5.74) is 7.53. The van der Waals surface area contributed by atoms with Gasteiger partial charge in [0.25, 0.3) is 5.91 Å². The quantitative estimate of drug-likeness (QED) is 0.812.